The molecule has 0 spiro atoms. The molecule has 0 radical (unpaired) electrons. The van der Waals surface area contributed by atoms with Crippen molar-refractivity contribution in [2.24, 2.45) is 0 Å². The van der Waals surface area contributed by atoms with Crippen LogP contribution in [0.25, 0.3) is 11.1 Å². The van der Waals surface area contributed by atoms with Crippen molar-refractivity contribution >= 4 is 23.1 Å². The number of carbonyl (C=O) groups is 1. The standard InChI is InChI=1S/C15H18FN3O3/c1-2-19(8-13(20)21)10-6-9(7-10)17-15-18-14-11(16)4-3-5-12(14)22-15/h3-5,9-10H,2,6-8H2,1H3,(H,17,18)(H,20,21). The second-order valence-electron chi connectivity index (χ2n) is 5.53. The molecule has 118 valence electrons. The third-order valence-corrected chi connectivity index (χ3v) is 4.07. The predicted octanol–water partition coefficient (Wildman–Crippen LogP) is 2.32. The molecule has 2 N–H and O–H groups in total. The molecule has 3 rings (SSSR count). The van der Waals surface area contributed by atoms with Crippen molar-refractivity contribution in [2.75, 3.05) is 18.4 Å². The minimum absolute atomic E-state index is 0.0575. The summed E-state index contributed by atoms with van der Waals surface area (Å²) >= 11 is 0. The van der Waals surface area contributed by atoms with Gasteiger partial charge in [-0.25, -0.2) is 4.39 Å². The van der Waals surface area contributed by atoms with Crippen molar-refractivity contribution < 1.29 is 18.7 Å². The van der Waals surface area contributed by atoms with Crippen LogP contribution in [0.15, 0.2) is 22.6 Å². The molecule has 0 amide bonds. The molecule has 0 aliphatic heterocycles. The van der Waals surface area contributed by atoms with Gasteiger partial charge in [-0.3, -0.25) is 9.69 Å². The third-order valence-electron chi connectivity index (χ3n) is 4.07. The second-order valence-corrected chi connectivity index (χ2v) is 5.53. The van der Waals surface area contributed by atoms with Gasteiger partial charge in [0.15, 0.2) is 11.4 Å². The smallest absolute Gasteiger partial charge is 0.317 e. The summed E-state index contributed by atoms with van der Waals surface area (Å²) in [4.78, 5) is 16.8. The molecule has 1 aromatic carbocycles. The van der Waals surface area contributed by atoms with E-state index in [2.05, 4.69) is 10.3 Å². The zero-order chi connectivity index (χ0) is 15.7. The highest BCUT2D eigenvalue weighted by atomic mass is 19.1. The largest absolute Gasteiger partial charge is 0.480 e. The van der Waals surface area contributed by atoms with Gasteiger partial charge in [0, 0.05) is 12.1 Å². The first-order valence-electron chi connectivity index (χ1n) is 7.34. The van der Waals surface area contributed by atoms with E-state index in [1.165, 1.54) is 6.07 Å². The predicted molar refractivity (Wildman–Crippen MR) is 79.3 cm³/mol. The van der Waals surface area contributed by atoms with Gasteiger partial charge >= 0.3 is 5.97 Å². The number of oxazole rings is 1. The van der Waals surface area contributed by atoms with Crippen LogP contribution in [0, 0.1) is 5.82 Å². The zero-order valence-corrected chi connectivity index (χ0v) is 12.3. The van der Waals surface area contributed by atoms with Gasteiger partial charge in [0.25, 0.3) is 6.01 Å². The Hall–Kier alpha value is -2.15. The highest BCUT2D eigenvalue weighted by Gasteiger charge is 2.34. The highest BCUT2D eigenvalue weighted by Crippen LogP contribution is 2.29. The molecule has 22 heavy (non-hydrogen) atoms. The SMILES string of the molecule is CCN(CC(=O)O)C1CC(Nc2nc3c(F)cccc3o2)C1. The Kier molecular flexibility index (Phi) is 3.98. The van der Waals surface area contributed by atoms with E-state index < -0.39 is 11.8 Å². The monoisotopic (exact) mass is 307 g/mol. The molecule has 6 nitrogen and oxygen atoms in total. The fraction of sp³-hybridized carbons (Fsp3) is 0.467. The lowest BCUT2D eigenvalue weighted by molar-refractivity contribution is -0.139. The van der Waals surface area contributed by atoms with E-state index in [1.807, 2.05) is 11.8 Å². The fourth-order valence-electron chi connectivity index (χ4n) is 2.83. The molecule has 0 bridgehead atoms. The normalized spacial score (nSPS) is 21.0. The highest BCUT2D eigenvalue weighted by molar-refractivity contribution is 5.75. The molecule has 1 aliphatic carbocycles. The average Bonchev–Trinajstić information content (AvgIpc) is 2.84. The van der Waals surface area contributed by atoms with Crippen molar-refractivity contribution in [3.05, 3.63) is 24.0 Å². The molecule has 1 aromatic heterocycles. The number of aromatic nitrogens is 1. The summed E-state index contributed by atoms with van der Waals surface area (Å²) < 4.78 is 19.0. The molecule has 0 saturated heterocycles. The summed E-state index contributed by atoms with van der Waals surface area (Å²) in [7, 11) is 0. The molecule has 1 heterocycles. The van der Waals surface area contributed by atoms with Crippen LogP contribution in [-0.2, 0) is 4.79 Å². The van der Waals surface area contributed by atoms with Crippen molar-refractivity contribution in [1.82, 2.24) is 9.88 Å². The molecule has 1 fully saturated rings. The molecule has 0 unspecified atom stereocenters. The number of carboxylic acid groups (broad SMARTS) is 1. The number of hydrogen-bond acceptors (Lipinski definition) is 5. The van der Waals surface area contributed by atoms with E-state index in [9.17, 15) is 9.18 Å². The molecule has 2 aromatic rings. The topological polar surface area (TPSA) is 78.6 Å². The van der Waals surface area contributed by atoms with Crippen molar-refractivity contribution in [2.45, 2.75) is 31.8 Å². The quantitative estimate of drug-likeness (QED) is 0.852. The Morgan fingerprint density at radius 2 is 2.32 bits per heavy atom. The van der Waals surface area contributed by atoms with E-state index >= 15 is 0 Å². The number of halogens is 1. The summed E-state index contributed by atoms with van der Waals surface area (Å²) in [6.07, 6.45) is 1.64. The number of carboxylic acids is 1. The second kappa shape index (κ2) is 5.92. The molecular formula is C15H18FN3O3. The van der Waals surface area contributed by atoms with Crippen LogP contribution >= 0.6 is 0 Å². The van der Waals surface area contributed by atoms with E-state index in [1.54, 1.807) is 12.1 Å². The summed E-state index contributed by atoms with van der Waals surface area (Å²) in [6.45, 7) is 2.72. The van der Waals surface area contributed by atoms with Gasteiger partial charge in [-0.15, -0.1) is 0 Å². The maximum Gasteiger partial charge on any atom is 0.317 e. The van der Waals surface area contributed by atoms with Crippen LogP contribution in [0.3, 0.4) is 0 Å². The lowest BCUT2D eigenvalue weighted by Crippen LogP contribution is -2.51. The van der Waals surface area contributed by atoms with E-state index in [0.717, 1.165) is 12.8 Å². The van der Waals surface area contributed by atoms with Crippen LogP contribution in [0.4, 0.5) is 10.4 Å². The lowest BCUT2D eigenvalue weighted by Gasteiger charge is -2.41. The maximum atomic E-state index is 13.6. The van der Waals surface area contributed by atoms with Crippen molar-refractivity contribution in [1.29, 1.82) is 0 Å². The number of likely N-dealkylation sites (N-methyl/N-ethyl adjacent to an activating group) is 1. The molecule has 1 aliphatic rings. The van der Waals surface area contributed by atoms with Crippen molar-refractivity contribution in [3.8, 4) is 0 Å². The van der Waals surface area contributed by atoms with E-state index in [-0.39, 0.29) is 24.1 Å². The first-order chi connectivity index (χ1) is 10.6. The van der Waals surface area contributed by atoms with Crippen molar-refractivity contribution in [3.63, 3.8) is 0 Å². The number of rotatable bonds is 6. The van der Waals surface area contributed by atoms with Crippen LogP contribution in [-0.4, -0.2) is 46.1 Å². The fourth-order valence-corrected chi connectivity index (χ4v) is 2.83. The Balaban J connectivity index is 1.59. The summed E-state index contributed by atoms with van der Waals surface area (Å²) in [5.74, 6) is -1.22. The van der Waals surface area contributed by atoms with Crippen LogP contribution in [0.1, 0.15) is 19.8 Å². The van der Waals surface area contributed by atoms with Crippen LogP contribution in [0.5, 0.6) is 0 Å². The average molecular weight is 307 g/mol. The first kappa shape index (κ1) is 14.8. The number of aliphatic carboxylic acids is 1. The van der Waals surface area contributed by atoms with Gasteiger partial charge in [0.1, 0.15) is 5.52 Å². The Morgan fingerprint density at radius 1 is 1.55 bits per heavy atom. The van der Waals surface area contributed by atoms with Gasteiger partial charge in [-0.1, -0.05) is 13.0 Å². The van der Waals surface area contributed by atoms with Gasteiger partial charge in [0.2, 0.25) is 0 Å². The number of para-hydroxylation sites is 1. The Bertz CT molecular complexity index is 682. The van der Waals surface area contributed by atoms with Gasteiger partial charge in [-0.05, 0) is 31.5 Å². The van der Waals surface area contributed by atoms with Gasteiger partial charge < -0.3 is 14.8 Å². The third kappa shape index (κ3) is 2.89. The molecular weight excluding hydrogens is 289 g/mol. The zero-order valence-electron chi connectivity index (χ0n) is 12.3. The maximum absolute atomic E-state index is 13.6. The molecule has 7 heteroatoms. The van der Waals surface area contributed by atoms with Gasteiger partial charge in [0.05, 0.1) is 6.54 Å². The number of fused-ring (bicyclic) bond motifs is 1. The van der Waals surface area contributed by atoms with Crippen LogP contribution in [0.2, 0.25) is 0 Å². The number of anilines is 1. The van der Waals surface area contributed by atoms with E-state index in [4.69, 9.17) is 9.52 Å². The molecule has 1 saturated carbocycles. The lowest BCUT2D eigenvalue weighted by atomic mass is 9.85. The number of benzene rings is 1. The first-order valence-corrected chi connectivity index (χ1v) is 7.34. The van der Waals surface area contributed by atoms with E-state index in [0.29, 0.717) is 18.1 Å². The summed E-state index contributed by atoms with van der Waals surface area (Å²) in [5.41, 5.74) is 0.640. The number of nitrogens with one attached hydrogen (secondary N) is 1. The minimum Gasteiger partial charge on any atom is -0.480 e. The Labute approximate surface area is 126 Å². The van der Waals surface area contributed by atoms with Gasteiger partial charge in [-0.2, -0.15) is 4.98 Å². The number of hydrogen-bond donors (Lipinski definition) is 2. The summed E-state index contributed by atoms with van der Waals surface area (Å²) in [6, 6.07) is 5.33. The molecule has 0 atom stereocenters. The number of nitrogens with zero attached hydrogens (tertiary/aromatic N) is 2. The minimum atomic E-state index is -0.812. The Morgan fingerprint density at radius 3 is 2.95 bits per heavy atom. The summed E-state index contributed by atoms with van der Waals surface area (Å²) in [5, 5.41) is 12.0. The van der Waals surface area contributed by atoms with Crippen LogP contribution < -0.4 is 5.32 Å².